The number of rotatable bonds is 26. The average Bonchev–Trinajstić information content (AvgIpc) is 3.35. The van der Waals surface area contributed by atoms with Crippen LogP contribution in [0.5, 0.6) is 46.0 Å². The van der Waals surface area contributed by atoms with Crippen LogP contribution in [0.1, 0.15) is 65.1 Å². The molecule has 0 spiro atoms. The molecule has 4 aromatic rings. The van der Waals surface area contributed by atoms with Crippen LogP contribution < -0.4 is 37.9 Å². The Morgan fingerprint density at radius 2 is 1.15 bits per heavy atom. The summed E-state index contributed by atoms with van der Waals surface area (Å²) in [5.74, 6) is 4.52. The second-order valence-electron chi connectivity index (χ2n) is 17.1. The lowest BCUT2D eigenvalue weighted by Crippen LogP contribution is -2.52. The normalized spacial score (nSPS) is 15.9. The molecule has 3 atom stereocenters. The standard InChI is InChI=1S/C53H71N2O12/c1-36(28-37-14-16-44(58-4)46(30-37)60-6)41-34-50(64-10)48(62-8)32-39(41)20-23-54(2)22-12-26-66-52(56)18-19-53(57)67-27-13-24-55(3)25-21-40-33-49(63-9)51(65-11)35-42(40)43(55)29-38-15-17-45(59-5)47(31-38)61-7/h14-19,30-36,43H,12-13,20-29H2,1-11H3/q+1/b19-18-. The molecule has 14 nitrogen and oxygen atoms in total. The third-order valence-electron chi connectivity index (χ3n) is 12.8. The number of quaternary nitrogens is 1. The lowest BCUT2D eigenvalue weighted by atomic mass is 9.86. The summed E-state index contributed by atoms with van der Waals surface area (Å²) in [5.41, 5.74) is 7.03. The molecule has 0 fully saturated rings. The molecule has 14 heteroatoms. The van der Waals surface area contributed by atoms with Crippen molar-refractivity contribution in [1.29, 1.82) is 0 Å². The number of esters is 2. The molecule has 364 valence electrons. The van der Waals surface area contributed by atoms with Crippen LogP contribution in [-0.4, -0.2) is 132 Å². The number of benzene rings is 4. The Hall–Kier alpha value is -6.12. The Kier molecular flexibility index (Phi) is 19.5. The minimum absolute atomic E-state index is 0.0770. The molecular weight excluding hydrogens is 857 g/mol. The summed E-state index contributed by atoms with van der Waals surface area (Å²) in [7, 11) is 17.4. The number of carbonyl (C=O) groups is 2. The third-order valence-corrected chi connectivity index (χ3v) is 12.8. The molecule has 0 saturated heterocycles. The molecule has 0 N–H and O–H groups in total. The van der Waals surface area contributed by atoms with Gasteiger partial charge in [0.15, 0.2) is 46.0 Å². The first-order valence-electron chi connectivity index (χ1n) is 22.8. The summed E-state index contributed by atoms with van der Waals surface area (Å²) in [6.07, 6.45) is 6.70. The third kappa shape index (κ3) is 13.7. The summed E-state index contributed by atoms with van der Waals surface area (Å²) in [6.45, 7) is 5.77. The van der Waals surface area contributed by atoms with Gasteiger partial charge < -0.3 is 56.8 Å². The maximum absolute atomic E-state index is 12.7. The van der Waals surface area contributed by atoms with Gasteiger partial charge in [-0.05, 0) is 109 Å². The van der Waals surface area contributed by atoms with Crippen molar-refractivity contribution in [3.05, 3.63) is 106 Å². The lowest BCUT2D eigenvalue weighted by Gasteiger charge is -2.46. The first-order chi connectivity index (χ1) is 32.3. The quantitative estimate of drug-likeness (QED) is 0.0262. The number of carbonyl (C=O) groups excluding carboxylic acids is 2. The molecule has 67 heavy (non-hydrogen) atoms. The van der Waals surface area contributed by atoms with Crippen LogP contribution in [0.3, 0.4) is 0 Å². The molecule has 3 unspecified atom stereocenters. The van der Waals surface area contributed by atoms with Crippen molar-refractivity contribution >= 4 is 11.9 Å². The van der Waals surface area contributed by atoms with Gasteiger partial charge in [0.1, 0.15) is 6.04 Å². The lowest BCUT2D eigenvalue weighted by molar-refractivity contribution is -0.941. The van der Waals surface area contributed by atoms with E-state index in [9.17, 15) is 9.59 Å². The van der Waals surface area contributed by atoms with E-state index in [2.05, 4.69) is 55.3 Å². The summed E-state index contributed by atoms with van der Waals surface area (Å²) >= 11 is 0. The molecule has 0 aromatic heterocycles. The van der Waals surface area contributed by atoms with E-state index < -0.39 is 11.9 Å². The first-order valence-corrected chi connectivity index (χ1v) is 22.8. The number of fused-ring (bicyclic) bond motifs is 1. The fourth-order valence-electron chi connectivity index (χ4n) is 9.00. The van der Waals surface area contributed by atoms with Crippen molar-refractivity contribution in [1.82, 2.24) is 4.90 Å². The van der Waals surface area contributed by atoms with Crippen LogP contribution >= 0.6 is 0 Å². The number of hydrogen-bond donors (Lipinski definition) is 0. The number of hydrogen-bond acceptors (Lipinski definition) is 13. The summed E-state index contributed by atoms with van der Waals surface area (Å²) < 4.78 is 56.5. The monoisotopic (exact) mass is 928 g/mol. The Balaban J connectivity index is 1.09. The van der Waals surface area contributed by atoms with Gasteiger partial charge >= 0.3 is 11.9 Å². The first kappa shape index (κ1) is 51.9. The molecule has 0 saturated carbocycles. The average molecular weight is 928 g/mol. The minimum Gasteiger partial charge on any atom is -0.493 e. The Labute approximate surface area is 397 Å². The smallest absolute Gasteiger partial charge is 0.331 e. The SMILES string of the molecule is COc1ccc(CC(C)c2cc(OC)c(OC)cc2CCN(C)CCCOC(=O)/C=C\C(=O)OCCC[N+]2(C)CCc3cc(OC)c(OC)cc3C2Cc2ccc(OC)c(OC)c2)cc1OC. The Morgan fingerprint density at radius 3 is 1.75 bits per heavy atom. The molecule has 0 aliphatic carbocycles. The van der Waals surface area contributed by atoms with E-state index >= 15 is 0 Å². The maximum atomic E-state index is 12.7. The van der Waals surface area contributed by atoms with Crippen LogP contribution in [-0.2, 0) is 44.7 Å². The predicted molar refractivity (Wildman–Crippen MR) is 258 cm³/mol. The van der Waals surface area contributed by atoms with Crippen molar-refractivity contribution in [2.45, 2.75) is 57.4 Å². The molecule has 1 heterocycles. The van der Waals surface area contributed by atoms with Crippen molar-refractivity contribution in [2.24, 2.45) is 0 Å². The summed E-state index contributed by atoms with van der Waals surface area (Å²) in [4.78, 5) is 27.4. The zero-order valence-corrected chi connectivity index (χ0v) is 41.4. The van der Waals surface area contributed by atoms with E-state index in [4.69, 9.17) is 47.4 Å². The van der Waals surface area contributed by atoms with E-state index in [1.54, 1.807) is 56.9 Å². The minimum atomic E-state index is -0.590. The summed E-state index contributed by atoms with van der Waals surface area (Å²) in [6, 6.07) is 20.5. The largest absolute Gasteiger partial charge is 0.493 e. The molecule has 0 amide bonds. The Morgan fingerprint density at radius 1 is 0.642 bits per heavy atom. The number of ether oxygens (including phenoxy) is 10. The van der Waals surface area contributed by atoms with Gasteiger partial charge in [-0.3, -0.25) is 0 Å². The second-order valence-corrected chi connectivity index (χ2v) is 17.1. The van der Waals surface area contributed by atoms with Crippen LogP contribution in [0.25, 0.3) is 0 Å². The van der Waals surface area contributed by atoms with Gasteiger partial charge in [0.25, 0.3) is 0 Å². The molecule has 0 bridgehead atoms. The summed E-state index contributed by atoms with van der Waals surface area (Å²) in [5, 5.41) is 0. The zero-order chi connectivity index (χ0) is 48.5. The number of likely N-dealkylation sites (N-methyl/N-ethyl adjacent to an activating group) is 2. The van der Waals surface area contributed by atoms with Crippen LogP contribution in [0.15, 0.2) is 72.8 Å². The van der Waals surface area contributed by atoms with Crippen molar-refractivity contribution < 1.29 is 61.4 Å². The van der Waals surface area contributed by atoms with E-state index in [1.165, 1.54) is 22.3 Å². The van der Waals surface area contributed by atoms with Gasteiger partial charge in [0.05, 0.1) is 90.2 Å². The predicted octanol–water partition coefficient (Wildman–Crippen LogP) is 7.99. The highest BCUT2D eigenvalue weighted by molar-refractivity contribution is 5.91. The Bertz CT molecular complexity index is 2300. The van der Waals surface area contributed by atoms with Gasteiger partial charge in [0, 0.05) is 50.1 Å². The highest BCUT2D eigenvalue weighted by Crippen LogP contribution is 2.43. The highest BCUT2D eigenvalue weighted by atomic mass is 16.5. The van der Waals surface area contributed by atoms with Gasteiger partial charge in [-0.1, -0.05) is 19.1 Å². The van der Waals surface area contributed by atoms with E-state index in [1.807, 2.05) is 31.3 Å². The zero-order valence-electron chi connectivity index (χ0n) is 41.4. The second kappa shape index (κ2) is 25.1. The maximum Gasteiger partial charge on any atom is 0.331 e. The number of nitrogens with zero attached hydrogens (tertiary/aromatic N) is 2. The van der Waals surface area contributed by atoms with Gasteiger partial charge in [0.2, 0.25) is 0 Å². The van der Waals surface area contributed by atoms with Gasteiger partial charge in [-0.25, -0.2) is 9.59 Å². The van der Waals surface area contributed by atoms with Crippen LogP contribution in [0.4, 0.5) is 0 Å². The molecule has 1 aliphatic heterocycles. The topological polar surface area (TPSA) is 130 Å². The molecular formula is C53H71N2O12+. The fourth-order valence-corrected chi connectivity index (χ4v) is 9.00. The van der Waals surface area contributed by atoms with Gasteiger partial charge in [-0.15, -0.1) is 0 Å². The van der Waals surface area contributed by atoms with E-state index in [-0.39, 0.29) is 25.2 Å². The van der Waals surface area contributed by atoms with Gasteiger partial charge in [-0.2, -0.15) is 0 Å². The molecule has 0 radical (unpaired) electrons. The van der Waals surface area contributed by atoms with E-state index in [0.717, 1.165) is 73.1 Å². The van der Waals surface area contributed by atoms with Crippen molar-refractivity contribution in [3.8, 4) is 46.0 Å². The van der Waals surface area contributed by atoms with Crippen LogP contribution in [0, 0.1) is 0 Å². The molecule has 1 aliphatic rings. The number of methoxy groups -OCH3 is 8. The van der Waals surface area contributed by atoms with Crippen molar-refractivity contribution in [3.63, 3.8) is 0 Å². The fraction of sp³-hybridized carbons (Fsp3) is 0.472. The van der Waals surface area contributed by atoms with E-state index in [0.29, 0.717) is 65.4 Å². The highest BCUT2D eigenvalue weighted by Gasteiger charge is 2.40. The van der Waals surface area contributed by atoms with Crippen molar-refractivity contribution in [2.75, 3.05) is 110 Å². The molecule has 5 rings (SSSR count). The van der Waals surface area contributed by atoms with Crippen LogP contribution in [0.2, 0.25) is 0 Å². The molecule has 4 aromatic carbocycles.